The average Bonchev–Trinajstić information content (AvgIpc) is 3.19. The van der Waals surface area contributed by atoms with Gasteiger partial charge in [-0.25, -0.2) is 4.99 Å². The number of piperidine rings is 1. The molecule has 1 fully saturated rings. The molecule has 8 nitrogen and oxygen atoms in total. The first-order valence-electron chi connectivity index (χ1n) is 9.94. The van der Waals surface area contributed by atoms with Crippen LogP contribution in [-0.2, 0) is 9.47 Å². The normalized spacial score (nSPS) is 16.8. The van der Waals surface area contributed by atoms with E-state index in [-0.39, 0.29) is 18.7 Å². The number of hydrogen-bond acceptors (Lipinski definition) is 7. The molecule has 2 aliphatic heterocycles. The van der Waals surface area contributed by atoms with Crippen molar-refractivity contribution >= 4 is 11.9 Å². The molecule has 0 spiro atoms. The van der Waals surface area contributed by atoms with Gasteiger partial charge in [0.2, 0.25) is 6.79 Å². The predicted molar refractivity (Wildman–Crippen MR) is 105 cm³/mol. The molecule has 1 N–H and O–H groups in total. The molecule has 0 aliphatic carbocycles. The van der Waals surface area contributed by atoms with Gasteiger partial charge in [0.05, 0.1) is 13.2 Å². The van der Waals surface area contributed by atoms with Gasteiger partial charge in [0.25, 0.3) is 11.9 Å². The lowest BCUT2D eigenvalue weighted by Gasteiger charge is -2.25. The first kappa shape index (κ1) is 20.4. The van der Waals surface area contributed by atoms with Crippen molar-refractivity contribution in [1.82, 2.24) is 10.2 Å². The third-order valence-electron chi connectivity index (χ3n) is 4.65. The zero-order valence-corrected chi connectivity index (χ0v) is 16.4. The molecule has 0 aromatic heterocycles. The summed E-state index contributed by atoms with van der Waals surface area (Å²) in [6.07, 6.45) is 3.78. The van der Waals surface area contributed by atoms with Crippen LogP contribution in [0.15, 0.2) is 23.2 Å². The lowest BCUT2D eigenvalue weighted by Crippen LogP contribution is -2.35. The third kappa shape index (κ3) is 6.10. The molecule has 1 aromatic carbocycles. The fourth-order valence-electron chi connectivity index (χ4n) is 3.15. The summed E-state index contributed by atoms with van der Waals surface area (Å²) < 4.78 is 21.5. The number of fused-ring (bicyclic) bond motifs is 1. The summed E-state index contributed by atoms with van der Waals surface area (Å²) in [6.45, 7) is 7.15. The van der Waals surface area contributed by atoms with Crippen LogP contribution in [0.3, 0.4) is 0 Å². The third-order valence-corrected chi connectivity index (χ3v) is 4.65. The van der Waals surface area contributed by atoms with Crippen molar-refractivity contribution in [1.29, 1.82) is 0 Å². The Morgan fingerprint density at radius 3 is 2.82 bits per heavy atom. The number of likely N-dealkylation sites (tertiary alicyclic amines) is 1. The van der Waals surface area contributed by atoms with Gasteiger partial charge in [-0.15, -0.1) is 0 Å². The van der Waals surface area contributed by atoms with Gasteiger partial charge in [-0.2, -0.15) is 0 Å². The summed E-state index contributed by atoms with van der Waals surface area (Å²) in [5.74, 6) is 0.903. The quantitative estimate of drug-likeness (QED) is 0.415. The second-order valence-electron chi connectivity index (χ2n) is 6.66. The van der Waals surface area contributed by atoms with Crippen LogP contribution in [-0.4, -0.2) is 69.6 Å². The highest BCUT2D eigenvalue weighted by atomic mass is 16.7. The van der Waals surface area contributed by atoms with Crippen molar-refractivity contribution in [2.24, 2.45) is 4.99 Å². The summed E-state index contributed by atoms with van der Waals surface area (Å²) in [7, 11) is 0. The standard InChI is InChI=1S/C20H29N3O5/c1-2-25-12-13-26-20(21-8-11-23-9-4-3-5-10-23)22-19(24)16-6-7-17-18(14-16)28-15-27-17/h6-7,14H,2-5,8-13,15H2,1H3,(H,21,22,24). The van der Waals surface area contributed by atoms with Gasteiger partial charge >= 0.3 is 0 Å². The minimum absolute atomic E-state index is 0.171. The Balaban J connectivity index is 1.56. The summed E-state index contributed by atoms with van der Waals surface area (Å²) in [4.78, 5) is 19.5. The van der Waals surface area contributed by atoms with Crippen LogP contribution < -0.4 is 14.8 Å². The number of nitrogens with one attached hydrogen (secondary N) is 1. The van der Waals surface area contributed by atoms with Crippen LogP contribution in [0.2, 0.25) is 0 Å². The molecular weight excluding hydrogens is 362 g/mol. The summed E-state index contributed by atoms with van der Waals surface area (Å²) >= 11 is 0. The number of benzene rings is 1. The van der Waals surface area contributed by atoms with Gasteiger partial charge in [-0.05, 0) is 51.1 Å². The topological polar surface area (TPSA) is 81.6 Å². The number of carbonyl (C=O) groups excluding carboxylic acids is 1. The maximum atomic E-state index is 12.6. The monoisotopic (exact) mass is 391 g/mol. The lowest BCUT2D eigenvalue weighted by atomic mass is 10.1. The number of carbonyl (C=O) groups is 1. The highest BCUT2D eigenvalue weighted by molar-refractivity contribution is 6.04. The Morgan fingerprint density at radius 1 is 1.18 bits per heavy atom. The molecule has 0 unspecified atom stereocenters. The number of amidine groups is 1. The molecule has 3 rings (SSSR count). The maximum absolute atomic E-state index is 12.6. The van der Waals surface area contributed by atoms with E-state index < -0.39 is 0 Å². The molecule has 0 radical (unpaired) electrons. The maximum Gasteiger partial charge on any atom is 0.291 e. The van der Waals surface area contributed by atoms with E-state index in [1.165, 1.54) is 19.3 Å². The minimum atomic E-state index is -0.300. The van der Waals surface area contributed by atoms with Gasteiger partial charge in [0.15, 0.2) is 11.5 Å². The predicted octanol–water partition coefficient (Wildman–Crippen LogP) is 2.04. The van der Waals surface area contributed by atoms with E-state index in [1.807, 2.05) is 6.92 Å². The van der Waals surface area contributed by atoms with Crippen molar-refractivity contribution in [3.63, 3.8) is 0 Å². The molecule has 28 heavy (non-hydrogen) atoms. The van der Waals surface area contributed by atoms with E-state index in [0.717, 1.165) is 19.6 Å². The van der Waals surface area contributed by atoms with Crippen LogP contribution in [0.1, 0.15) is 36.5 Å². The molecule has 0 saturated carbocycles. The number of ether oxygens (including phenoxy) is 4. The van der Waals surface area contributed by atoms with E-state index in [2.05, 4.69) is 15.2 Å². The Hall–Kier alpha value is -2.32. The van der Waals surface area contributed by atoms with E-state index in [1.54, 1.807) is 18.2 Å². The molecule has 8 heteroatoms. The fourth-order valence-corrected chi connectivity index (χ4v) is 3.15. The number of rotatable bonds is 8. The number of aliphatic imine (C=N–C) groups is 1. The zero-order chi connectivity index (χ0) is 19.6. The number of hydrogen-bond donors (Lipinski definition) is 1. The fraction of sp³-hybridized carbons (Fsp3) is 0.600. The smallest absolute Gasteiger partial charge is 0.291 e. The molecule has 1 aromatic rings. The van der Waals surface area contributed by atoms with Crippen LogP contribution in [0.5, 0.6) is 11.5 Å². The second-order valence-corrected chi connectivity index (χ2v) is 6.66. The van der Waals surface area contributed by atoms with E-state index in [4.69, 9.17) is 18.9 Å². The first-order valence-corrected chi connectivity index (χ1v) is 9.94. The van der Waals surface area contributed by atoms with Gasteiger partial charge in [-0.3, -0.25) is 10.1 Å². The van der Waals surface area contributed by atoms with Crippen LogP contribution in [0.25, 0.3) is 0 Å². The van der Waals surface area contributed by atoms with Gasteiger partial charge < -0.3 is 23.8 Å². The SMILES string of the molecule is CCOCCOC(=NCCN1CCCCC1)NC(=O)c1ccc2c(c1)OCO2. The second kappa shape index (κ2) is 10.9. The molecule has 0 bridgehead atoms. The van der Waals surface area contributed by atoms with E-state index in [0.29, 0.717) is 43.4 Å². The van der Waals surface area contributed by atoms with Crippen molar-refractivity contribution in [3.8, 4) is 11.5 Å². The number of nitrogens with zero attached hydrogens (tertiary/aromatic N) is 2. The number of amides is 1. The van der Waals surface area contributed by atoms with Crippen LogP contribution in [0.4, 0.5) is 0 Å². The van der Waals surface area contributed by atoms with Gasteiger partial charge in [0, 0.05) is 18.7 Å². The van der Waals surface area contributed by atoms with E-state index in [9.17, 15) is 4.79 Å². The molecule has 2 heterocycles. The highest BCUT2D eigenvalue weighted by Gasteiger charge is 2.17. The summed E-state index contributed by atoms with van der Waals surface area (Å²) in [5, 5.41) is 2.76. The minimum Gasteiger partial charge on any atom is -0.463 e. The van der Waals surface area contributed by atoms with Gasteiger partial charge in [-0.1, -0.05) is 6.42 Å². The van der Waals surface area contributed by atoms with Crippen molar-refractivity contribution in [2.75, 3.05) is 52.8 Å². The first-order chi connectivity index (χ1) is 13.8. The van der Waals surface area contributed by atoms with Crippen LogP contribution >= 0.6 is 0 Å². The molecule has 1 amide bonds. The van der Waals surface area contributed by atoms with Crippen molar-refractivity contribution in [3.05, 3.63) is 23.8 Å². The molecule has 0 atom stereocenters. The zero-order valence-electron chi connectivity index (χ0n) is 16.4. The average molecular weight is 391 g/mol. The molecular formula is C20H29N3O5. The molecule has 154 valence electrons. The largest absolute Gasteiger partial charge is 0.463 e. The van der Waals surface area contributed by atoms with Gasteiger partial charge in [0.1, 0.15) is 6.61 Å². The molecule has 1 saturated heterocycles. The highest BCUT2D eigenvalue weighted by Crippen LogP contribution is 2.32. The Labute approximate surface area is 165 Å². The Morgan fingerprint density at radius 2 is 2.00 bits per heavy atom. The van der Waals surface area contributed by atoms with Crippen molar-refractivity contribution < 1.29 is 23.7 Å². The summed E-state index contributed by atoms with van der Waals surface area (Å²) in [6, 6.07) is 5.29. The lowest BCUT2D eigenvalue weighted by molar-refractivity contribution is 0.0921. The van der Waals surface area contributed by atoms with Crippen molar-refractivity contribution in [2.45, 2.75) is 26.2 Å². The Bertz CT molecular complexity index is 674. The van der Waals surface area contributed by atoms with Crippen LogP contribution in [0, 0.1) is 0 Å². The molecule has 2 aliphatic rings. The van der Waals surface area contributed by atoms with E-state index >= 15 is 0 Å². The summed E-state index contributed by atoms with van der Waals surface area (Å²) in [5.41, 5.74) is 0.460. The Kier molecular flexibility index (Phi) is 7.93.